The molecular formula is C26H18ClNO4. The largest absolute Gasteiger partial charge is 0.507 e. The third-order valence-electron chi connectivity index (χ3n) is 5.74. The fourth-order valence-electron chi connectivity index (χ4n) is 4.12. The fraction of sp³-hybridized carbons (Fsp3) is 0.0769. The van der Waals surface area contributed by atoms with Crippen LogP contribution in [0.25, 0.3) is 16.5 Å². The summed E-state index contributed by atoms with van der Waals surface area (Å²) in [5.74, 6) is -1.42. The van der Waals surface area contributed by atoms with Crippen molar-refractivity contribution >= 4 is 45.5 Å². The van der Waals surface area contributed by atoms with E-state index in [4.69, 9.17) is 16.0 Å². The zero-order chi connectivity index (χ0) is 22.4. The molecule has 0 aliphatic carbocycles. The second-order valence-electron chi connectivity index (χ2n) is 7.64. The Bertz CT molecular complexity index is 1400. The molecule has 0 bridgehead atoms. The van der Waals surface area contributed by atoms with E-state index in [1.54, 1.807) is 42.5 Å². The predicted octanol–water partition coefficient (Wildman–Crippen LogP) is 6.02. The van der Waals surface area contributed by atoms with Gasteiger partial charge in [0.05, 0.1) is 11.8 Å². The SMILES string of the molecule is Cc1ccc(N2C(=O)C(=O)/C(=C(\O)c3cccc4ccccc34)C2c2ccco2)cc1Cl. The summed E-state index contributed by atoms with van der Waals surface area (Å²) in [6.45, 7) is 1.85. The second-order valence-corrected chi connectivity index (χ2v) is 8.05. The van der Waals surface area contributed by atoms with Gasteiger partial charge in [0, 0.05) is 16.3 Å². The molecule has 5 rings (SSSR count). The number of aryl methyl sites for hydroxylation is 1. The van der Waals surface area contributed by atoms with Gasteiger partial charge >= 0.3 is 0 Å². The molecule has 2 heterocycles. The number of amides is 1. The van der Waals surface area contributed by atoms with E-state index in [0.717, 1.165) is 16.3 Å². The molecule has 1 atom stereocenters. The maximum atomic E-state index is 13.2. The fourth-order valence-corrected chi connectivity index (χ4v) is 4.30. The molecule has 1 N–H and O–H groups in total. The number of carbonyl (C=O) groups is 2. The van der Waals surface area contributed by atoms with E-state index < -0.39 is 17.7 Å². The van der Waals surface area contributed by atoms with Gasteiger partial charge in [0.25, 0.3) is 11.7 Å². The molecule has 0 spiro atoms. The van der Waals surface area contributed by atoms with Crippen molar-refractivity contribution in [1.82, 2.24) is 0 Å². The molecule has 0 saturated carbocycles. The van der Waals surface area contributed by atoms with Crippen LogP contribution in [0.15, 0.2) is 89.0 Å². The number of hydrogen-bond acceptors (Lipinski definition) is 4. The highest BCUT2D eigenvalue weighted by molar-refractivity contribution is 6.52. The average Bonchev–Trinajstić information content (AvgIpc) is 3.42. The minimum absolute atomic E-state index is 0.0296. The summed E-state index contributed by atoms with van der Waals surface area (Å²) in [6.07, 6.45) is 1.47. The first kappa shape index (κ1) is 20.1. The molecule has 1 aromatic heterocycles. The Kier molecular flexibility index (Phi) is 4.83. The van der Waals surface area contributed by atoms with Crippen LogP contribution >= 0.6 is 11.6 Å². The Morgan fingerprint density at radius 3 is 2.53 bits per heavy atom. The standard InChI is InChI=1S/C26H18ClNO4/c1-15-11-12-17(14-20(15)27)28-23(21-10-5-13-32-21)22(25(30)26(28)31)24(29)19-9-4-7-16-6-2-3-8-18(16)19/h2-14,23,29H,1H3/b24-22-. The predicted molar refractivity (Wildman–Crippen MR) is 124 cm³/mol. The number of rotatable bonds is 3. The lowest BCUT2D eigenvalue weighted by atomic mass is 9.96. The lowest BCUT2D eigenvalue weighted by Gasteiger charge is -2.24. The van der Waals surface area contributed by atoms with Gasteiger partial charge in [-0.15, -0.1) is 0 Å². The Labute approximate surface area is 189 Å². The Morgan fingerprint density at radius 1 is 1.00 bits per heavy atom. The minimum Gasteiger partial charge on any atom is -0.507 e. The highest BCUT2D eigenvalue weighted by Gasteiger charge is 2.48. The summed E-state index contributed by atoms with van der Waals surface area (Å²) in [6, 6.07) is 20.5. The van der Waals surface area contributed by atoms with E-state index in [0.29, 0.717) is 22.0 Å². The third-order valence-corrected chi connectivity index (χ3v) is 6.14. The van der Waals surface area contributed by atoms with Crippen molar-refractivity contribution in [2.75, 3.05) is 4.90 Å². The van der Waals surface area contributed by atoms with E-state index in [1.165, 1.54) is 11.2 Å². The molecule has 1 aliphatic rings. The number of aliphatic hydroxyl groups is 1. The summed E-state index contributed by atoms with van der Waals surface area (Å²) < 4.78 is 5.60. The molecule has 5 nitrogen and oxygen atoms in total. The van der Waals surface area contributed by atoms with Crippen LogP contribution < -0.4 is 4.90 Å². The zero-order valence-electron chi connectivity index (χ0n) is 17.1. The van der Waals surface area contributed by atoms with Gasteiger partial charge in [-0.05, 0) is 47.5 Å². The van der Waals surface area contributed by atoms with Crippen LogP contribution in [0, 0.1) is 6.92 Å². The first-order chi connectivity index (χ1) is 15.5. The van der Waals surface area contributed by atoms with Crippen molar-refractivity contribution in [3.63, 3.8) is 0 Å². The molecule has 1 fully saturated rings. The van der Waals surface area contributed by atoms with Gasteiger partial charge in [-0.2, -0.15) is 0 Å². The Morgan fingerprint density at radius 2 is 1.78 bits per heavy atom. The number of ketones is 1. The molecule has 1 aliphatic heterocycles. The number of nitrogens with zero attached hydrogens (tertiary/aromatic N) is 1. The van der Waals surface area contributed by atoms with Gasteiger partial charge in [0.15, 0.2) is 0 Å². The van der Waals surface area contributed by atoms with E-state index in [-0.39, 0.29) is 11.3 Å². The second kappa shape index (κ2) is 7.70. The first-order valence-corrected chi connectivity index (χ1v) is 10.4. The van der Waals surface area contributed by atoms with Crippen molar-refractivity contribution in [2.24, 2.45) is 0 Å². The number of benzene rings is 3. The number of aliphatic hydroxyl groups excluding tert-OH is 1. The number of hydrogen-bond donors (Lipinski definition) is 1. The molecule has 3 aromatic carbocycles. The van der Waals surface area contributed by atoms with Crippen LogP contribution in [0.1, 0.15) is 22.9 Å². The monoisotopic (exact) mass is 443 g/mol. The molecule has 4 aromatic rings. The number of anilines is 1. The van der Waals surface area contributed by atoms with Crippen LogP contribution in [0.2, 0.25) is 5.02 Å². The van der Waals surface area contributed by atoms with E-state index in [1.807, 2.05) is 37.3 Å². The van der Waals surface area contributed by atoms with E-state index >= 15 is 0 Å². The van der Waals surface area contributed by atoms with Gasteiger partial charge in [0.2, 0.25) is 0 Å². The Balaban J connectivity index is 1.76. The van der Waals surface area contributed by atoms with Crippen LogP contribution in [0.5, 0.6) is 0 Å². The highest BCUT2D eigenvalue weighted by Crippen LogP contribution is 2.43. The van der Waals surface area contributed by atoms with Gasteiger partial charge in [0.1, 0.15) is 17.6 Å². The molecule has 1 saturated heterocycles. The quantitative estimate of drug-likeness (QED) is 0.239. The molecule has 158 valence electrons. The maximum absolute atomic E-state index is 13.2. The molecule has 1 amide bonds. The number of fused-ring (bicyclic) bond motifs is 1. The highest BCUT2D eigenvalue weighted by atomic mass is 35.5. The summed E-state index contributed by atoms with van der Waals surface area (Å²) in [4.78, 5) is 27.7. The van der Waals surface area contributed by atoms with Crippen LogP contribution in [-0.2, 0) is 9.59 Å². The number of carbonyl (C=O) groups excluding carboxylic acids is 2. The van der Waals surface area contributed by atoms with Gasteiger partial charge < -0.3 is 9.52 Å². The summed E-state index contributed by atoms with van der Waals surface area (Å²) >= 11 is 6.30. The summed E-state index contributed by atoms with van der Waals surface area (Å²) in [7, 11) is 0. The third kappa shape index (κ3) is 3.10. The minimum atomic E-state index is -0.928. The van der Waals surface area contributed by atoms with E-state index in [2.05, 4.69) is 0 Å². The van der Waals surface area contributed by atoms with Gasteiger partial charge in [-0.1, -0.05) is 60.1 Å². The summed E-state index contributed by atoms with van der Waals surface area (Å²) in [5, 5.41) is 13.5. The Hall–Kier alpha value is -3.83. The average molecular weight is 444 g/mol. The van der Waals surface area contributed by atoms with Crippen molar-refractivity contribution in [2.45, 2.75) is 13.0 Å². The van der Waals surface area contributed by atoms with Crippen molar-refractivity contribution in [3.05, 3.63) is 107 Å². The van der Waals surface area contributed by atoms with Crippen LogP contribution in [0.4, 0.5) is 5.69 Å². The van der Waals surface area contributed by atoms with Crippen LogP contribution in [-0.4, -0.2) is 16.8 Å². The van der Waals surface area contributed by atoms with Crippen LogP contribution in [0.3, 0.4) is 0 Å². The zero-order valence-corrected chi connectivity index (χ0v) is 17.8. The first-order valence-electron chi connectivity index (χ1n) is 10.1. The van der Waals surface area contributed by atoms with Crippen molar-refractivity contribution in [1.29, 1.82) is 0 Å². The normalized spacial score (nSPS) is 17.9. The van der Waals surface area contributed by atoms with Gasteiger partial charge in [-0.25, -0.2) is 0 Å². The molecule has 6 heteroatoms. The topological polar surface area (TPSA) is 70.8 Å². The number of halogens is 1. The lowest BCUT2D eigenvalue weighted by molar-refractivity contribution is -0.132. The number of Topliss-reactive ketones (excluding diaryl/α,β-unsaturated/α-hetero) is 1. The summed E-state index contributed by atoms with van der Waals surface area (Å²) in [5.41, 5.74) is 1.73. The molecule has 0 radical (unpaired) electrons. The lowest BCUT2D eigenvalue weighted by Crippen LogP contribution is -2.29. The van der Waals surface area contributed by atoms with Crippen molar-refractivity contribution < 1.29 is 19.1 Å². The molecule has 32 heavy (non-hydrogen) atoms. The smallest absolute Gasteiger partial charge is 0.300 e. The van der Waals surface area contributed by atoms with E-state index in [9.17, 15) is 14.7 Å². The van der Waals surface area contributed by atoms with Crippen molar-refractivity contribution in [3.8, 4) is 0 Å². The number of furan rings is 1. The molecular weight excluding hydrogens is 426 g/mol. The maximum Gasteiger partial charge on any atom is 0.300 e. The molecule has 1 unspecified atom stereocenters. The van der Waals surface area contributed by atoms with Gasteiger partial charge in [-0.3, -0.25) is 14.5 Å².